The summed E-state index contributed by atoms with van der Waals surface area (Å²) in [5.41, 5.74) is 0. The standard InChI is InChI=1S/C9H16O5/c1-4-14-9(12)7(8(10)11)6(2)5-13-3/h6-7H,4-5H2,1-3H3,(H,10,11). The Kier molecular flexibility index (Phi) is 5.87. The fraction of sp³-hybridized carbons (Fsp3) is 0.778. The van der Waals surface area contributed by atoms with Gasteiger partial charge in [-0.25, -0.2) is 0 Å². The molecule has 0 saturated carbocycles. The van der Waals surface area contributed by atoms with Crippen LogP contribution in [-0.4, -0.2) is 37.4 Å². The number of rotatable bonds is 6. The molecule has 0 spiro atoms. The zero-order valence-corrected chi connectivity index (χ0v) is 8.65. The molecule has 2 unspecified atom stereocenters. The van der Waals surface area contributed by atoms with Crippen LogP contribution in [0.1, 0.15) is 13.8 Å². The molecule has 5 nitrogen and oxygen atoms in total. The number of ether oxygens (including phenoxy) is 2. The molecule has 0 amide bonds. The van der Waals surface area contributed by atoms with Gasteiger partial charge in [0.2, 0.25) is 0 Å². The molecule has 5 heteroatoms. The lowest BCUT2D eigenvalue weighted by atomic mass is 9.95. The van der Waals surface area contributed by atoms with Gasteiger partial charge in [0, 0.05) is 13.0 Å². The van der Waals surface area contributed by atoms with E-state index < -0.39 is 23.8 Å². The SMILES string of the molecule is CCOC(=O)C(C(=O)O)C(C)COC. The van der Waals surface area contributed by atoms with E-state index >= 15 is 0 Å². The monoisotopic (exact) mass is 204 g/mol. The molecule has 1 N–H and O–H groups in total. The average molecular weight is 204 g/mol. The Labute approximate surface area is 83.0 Å². The van der Waals surface area contributed by atoms with Crippen LogP contribution in [0.4, 0.5) is 0 Å². The Morgan fingerprint density at radius 1 is 1.43 bits per heavy atom. The maximum Gasteiger partial charge on any atom is 0.320 e. The number of carbonyl (C=O) groups is 2. The minimum absolute atomic E-state index is 0.183. The van der Waals surface area contributed by atoms with Gasteiger partial charge in [-0.1, -0.05) is 6.92 Å². The largest absolute Gasteiger partial charge is 0.481 e. The number of carboxylic acids is 1. The zero-order chi connectivity index (χ0) is 11.1. The fourth-order valence-corrected chi connectivity index (χ4v) is 1.17. The number of methoxy groups -OCH3 is 1. The Hall–Kier alpha value is -1.10. The van der Waals surface area contributed by atoms with Gasteiger partial charge in [0.1, 0.15) is 0 Å². The van der Waals surface area contributed by atoms with Crippen LogP contribution in [0.15, 0.2) is 0 Å². The lowest BCUT2D eigenvalue weighted by Crippen LogP contribution is -2.33. The van der Waals surface area contributed by atoms with Gasteiger partial charge in [-0.3, -0.25) is 9.59 Å². The van der Waals surface area contributed by atoms with E-state index in [0.717, 1.165) is 0 Å². The first-order valence-electron chi connectivity index (χ1n) is 4.42. The molecule has 0 aliphatic rings. The van der Waals surface area contributed by atoms with E-state index in [2.05, 4.69) is 4.74 Å². The van der Waals surface area contributed by atoms with E-state index in [4.69, 9.17) is 9.84 Å². The van der Waals surface area contributed by atoms with Crippen LogP contribution in [0.3, 0.4) is 0 Å². The number of carbonyl (C=O) groups excluding carboxylic acids is 1. The first kappa shape index (κ1) is 12.9. The minimum atomic E-state index is -1.17. The highest BCUT2D eigenvalue weighted by atomic mass is 16.5. The van der Waals surface area contributed by atoms with Gasteiger partial charge in [-0.2, -0.15) is 0 Å². The van der Waals surface area contributed by atoms with Crippen LogP contribution in [-0.2, 0) is 19.1 Å². The molecule has 0 aromatic carbocycles. The second-order valence-electron chi connectivity index (χ2n) is 3.00. The van der Waals surface area contributed by atoms with Crippen molar-refractivity contribution in [1.29, 1.82) is 0 Å². The van der Waals surface area contributed by atoms with Crippen LogP contribution in [0.5, 0.6) is 0 Å². The van der Waals surface area contributed by atoms with Gasteiger partial charge in [0.25, 0.3) is 0 Å². The molecule has 0 fully saturated rings. The lowest BCUT2D eigenvalue weighted by molar-refractivity contribution is -0.161. The molecule has 82 valence electrons. The van der Waals surface area contributed by atoms with Crippen LogP contribution in [0.2, 0.25) is 0 Å². The topological polar surface area (TPSA) is 72.8 Å². The summed E-state index contributed by atoms with van der Waals surface area (Å²) in [5, 5.41) is 8.81. The Balaban J connectivity index is 4.42. The Bertz CT molecular complexity index is 201. The normalized spacial score (nSPS) is 14.5. The molecule has 0 radical (unpaired) electrons. The molecular weight excluding hydrogens is 188 g/mol. The second kappa shape index (κ2) is 6.37. The quantitative estimate of drug-likeness (QED) is 0.504. The van der Waals surface area contributed by atoms with Crippen molar-refractivity contribution in [2.45, 2.75) is 13.8 Å². The Morgan fingerprint density at radius 2 is 2.00 bits per heavy atom. The van der Waals surface area contributed by atoms with E-state index in [1.165, 1.54) is 7.11 Å². The molecule has 0 aliphatic heterocycles. The van der Waals surface area contributed by atoms with Crippen LogP contribution in [0.25, 0.3) is 0 Å². The highest BCUT2D eigenvalue weighted by Gasteiger charge is 2.33. The maximum absolute atomic E-state index is 11.2. The fourth-order valence-electron chi connectivity index (χ4n) is 1.17. The van der Waals surface area contributed by atoms with Crippen molar-refractivity contribution < 1.29 is 24.2 Å². The van der Waals surface area contributed by atoms with Crippen molar-refractivity contribution in [2.75, 3.05) is 20.3 Å². The summed E-state index contributed by atoms with van der Waals surface area (Å²) in [5.74, 6) is -3.41. The lowest BCUT2D eigenvalue weighted by Gasteiger charge is -2.17. The molecule has 0 aromatic rings. The molecule has 0 heterocycles. The molecule has 0 aromatic heterocycles. The maximum atomic E-state index is 11.2. The van der Waals surface area contributed by atoms with Gasteiger partial charge in [0.05, 0.1) is 13.2 Å². The molecule has 0 aliphatic carbocycles. The molecular formula is C9H16O5. The zero-order valence-electron chi connectivity index (χ0n) is 8.65. The van der Waals surface area contributed by atoms with Crippen molar-refractivity contribution >= 4 is 11.9 Å². The molecule has 14 heavy (non-hydrogen) atoms. The third-order valence-corrected chi connectivity index (χ3v) is 1.81. The van der Waals surface area contributed by atoms with Crippen molar-refractivity contribution in [3.63, 3.8) is 0 Å². The van der Waals surface area contributed by atoms with Crippen molar-refractivity contribution in [1.82, 2.24) is 0 Å². The Morgan fingerprint density at radius 3 is 2.36 bits per heavy atom. The van der Waals surface area contributed by atoms with Crippen molar-refractivity contribution in [2.24, 2.45) is 11.8 Å². The van der Waals surface area contributed by atoms with Gasteiger partial charge < -0.3 is 14.6 Å². The highest BCUT2D eigenvalue weighted by molar-refractivity contribution is 5.94. The number of hydrogen-bond donors (Lipinski definition) is 1. The first-order chi connectivity index (χ1) is 6.54. The summed E-state index contributed by atoms with van der Waals surface area (Å²) in [6.45, 7) is 3.68. The summed E-state index contributed by atoms with van der Waals surface area (Å²) in [7, 11) is 1.46. The van der Waals surface area contributed by atoms with Crippen LogP contribution >= 0.6 is 0 Å². The van der Waals surface area contributed by atoms with Crippen molar-refractivity contribution in [3.05, 3.63) is 0 Å². The van der Waals surface area contributed by atoms with Gasteiger partial charge in [-0.15, -0.1) is 0 Å². The molecule has 0 rings (SSSR count). The highest BCUT2D eigenvalue weighted by Crippen LogP contribution is 2.14. The summed E-state index contributed by atoms with van der Waals surface area (Å²) in [6, 6.07) is 0. The minimum Gasteiger partial charge on any atom is -0.481 e. The first-order valence-corrected chi connectivity index (χ1v) is 4.42. The van der Waals surface area contributed by atoms with E-state index in [0.29, 0.717) is 0 Å². The molecule has 0 bridgehead atoms. The van der Waals surface area contributed by atoms with E-state index in [1.807, 2.05) is 0 Å². The second-order valence-corrected chi connectivity index (χ2v) is 3.00. The number of esters is 1. The number of hydrogen-bond acceptors (Lipinski definition) is 4. The molecule has 2 atom stereocenters. The van der Waals surface area contributed by atoms with Crippen molar-refractivity contribution in [3.8, 4) is 0 Å². The van der Waals surface area contributed by atoms with Gasteiger partial charge in [-0.05, 0) is 6.92 Å². The van der Waals surface area contributed by atoms with E-state index in [1.54, 1.807) is 13.8 Å². The predicted octanol–water partition coefficient (Wildman–Crippen LogP) is 0.533. The average Bonchev–Trinajstić information content (AvgIpc) is 2.04. The third-order valence-electron chi connectivity index (χ3n) is 1.81. The van der Waals surface area contributed by atoms with E-state index in [9.17, 15) is 9.59 Å². The van der Waals surface area contributed by atoms with Crippen LogP contribution in [0, 0.1) is 11.8 Å². The summed E-state index contributed by atoms with van der Waals surface area (Å²) < 4.78 is 9.45. The van der Waals surface area contributed by atoms with Gasteiger partial charge >= 0.3 is 11.9 Å². The number of aliphatic carboxylic acids is 1. The molecule has 0 saturated heterocycles. The van der Waals surface area contributed by atoms with Crippen LogP contribution < -0.4 is 0 Å². The summed E-state index contributed by atoms with van der Waals surface area (Å²) in [6.07, 6.45) is 0. The van der Waals surface area contributed by atoms with Gasteiger partial charge in [0.15, 0.2) is 5.92 Å². The summed E-state index contributed by atoms with van der Waals surface area (Å²) in [4.78, 5) is 22.0. The smallest absolute Gasteiger partial charge is 0.320 e. The summed E-state index contributed by atoms with van der Waals surface area (Å²) >= 11 is 0. The predicted molar refractivity (Wildman–Crippen MR) is 48.8 cm³/mol. The third kappa shape index (κ3) is 3.74. The van der Waals surface area contributed by atoms with E-state index in [-0.39, 0.29) is 13.2 Å². The number of carboxylic acid groups (broad SMARTS) is 1.